The van der Waals surface area contributed by atoms with Crippen LogP contribution in [0.15, 0.2) is 35.9 Å². The molecule has 2 aliphatic carbocycles. The van der Waals surface area contributed by atoms with Crippen LogP contribution in [0.4, 0.5) is 0 Å². The van der Waals surface area contributed by atoms with Gasteiger partial charge in [-0.05, 0) is 79.3 Å². The summed E-state index contributed by atoms with van der Waals surface area (Å²) in [6.45, 7) is 17.2. The van der Waals surface area contributed by atoms with E-state index in [2.05, 4.69) is 65.9 Å². The standard InChI is InChI=1S/C27H44O3Si/c1-26(2,3)31(7,8)30-24-12-10-9-11-21-15-18-23(27(21,4)5)25(24)29-19-20-13-16-22(28-6)17-14-20/h11,13-14,16-17,23-25H,9-10,12,15,18-19H2,1-8H3/b21-11+/t23-,24+,25-/m1/s1. The zero-order chi connectivity index (χ0) is 22.9. The van der Waals surface area contributed by atoms with Crippen LogP contribution in [-0.2, 0) is 15.8 Å². The first-order valence-electron chi connectivity index (χ1n) is 12.1. The maximum Gasteiger partial charge on any atom is 0.192 e. The summed E-state index contributed by atoms with van der Waals surface area (Å²) in [5.74, 6) is 1.38. The lowest BCUT2D eigenvalue weighted by atomic mass is 9.75. The number of hydrogen-bond donors (Lipinski definition) is 0. The molecule has 1 fully saturated rings. The highest BCUT2D eigenvalue weighted by molar-refractivity contribution is 6.74. The van der Waals surface area contributed by atoms with Gasteiger partial charge in [0, 0.05) is 0 Å². The Morgan fingerprint density at radius 1 is 1.06 bits per heavy atom. The number of benzene rings is 1. The minimum absolute atomic E-state index is 0.121. The highest BCUT2D eigenvalue weighted by Gasteiger charge is 2.49. The van der Waals surface area contributed by atoms with Gasteiger partial charge in [-0.3, -0.25) is 0 Å². The molecular weight excluding hydrogens is 400 g/mol. The Kier molecular flexibility index (Phi) is 7.45. The van der Waals surface area contributed by atoms with E-state index in [9.17, 15) is 0 Å². The fourth-order valence-corrected chi connectivity index (χ4v) is 6.37. The summed E-state index contributed by atoms with van der Waals surface area (Å²) in [5, 5.41) is 0.195. The van der Waals surface area contributed by atoms with Crippen LogP contribution in [0.3, 0.4) is 0 Å². The SMILES string of the molecule is COc1ccc(CO[C@H]2[C@@H](O[Si](C)(C)C(C)(C)C)CCC/C=C3\CC[C@H]2C3(C)C)cc1. The van der Waals surface area contributed by atoms with Gasteiger partial charge in [0.25, 0.3) is 0 Å². The van der Waals surface area contributed by atoms with Crippen molar-refractivity contribution in [1.29, 1.82) is 0 Å². The van der Waals surface area contributed by atoms with Gasteiger partial charge in [-0.1, -0.05) is 58.4 Å². The van der Waals surface area contributed by atoms with Gasteiger partial charge >= 0.3 is 0 Å². The largest absolute Gasteiger partial charge is 0.497 e. The fourth-order valence-electron chi connectivity index (χ4n) is 5.01. The van der Waals surface area contributed by atoms with Crippen molar-refractivity contribution in [3.63, 3.8) is 0 Å². The van der Waals surface area contributed by atoms with E-state index in [-0.39, 0.29) is 22.7 Å². The first-order valence-corrected chi connectivity index (χ1v) is 15.0. The molecule has 4 heteroatoms. The van der Waals surface area contributed by atoms with Crippen LogP contribution in [0, 0.1) is 11.3 Å². The predicted molar refractivity (Wildman–Crippen MR) is 132 cm³/mol. The molecule has 0 radical (unpaired) electrons. The lowest BCUT2D eigenvalue weighted by Gasteiger charge is -2.44. The minimum Gasteiger partial charge on any atom is -0.497 e. The molecule has 0 heterocycles. The molecule has 0 aliphatic heterocycles. The molecule has 0 unspecified atom stereocenters. The molecule has 1 saturated carbocycles. The molecule has 3 atom stereocenters. The van der Waals surface area contributed by atoms with Crippen molar-refractivity contribution < 1.29 is 13.9 Å². The lowest BCUT2D eigenvalue weighted by molar-refractivity contribution is -0.0898. The number of hydrogen-bond acceptors (Lipinski definition) is 3. The van der Waals surface area contributed by atoms with Crippen LogP contribution in [0.1, 0.15) is 72.3 Å². The van der Waals surface area contributed by atoms with E-state index in [4.69, 9.17) is 13.9 Å². The van der Waals surface area contributed by atoms with Gasteiger partial charge in [-0.2, -0.15) is 0 Å². The first kappa shape index (κ1) is 24.5. The van der Waals surface area contributed by atoms with Gasteiger partial charge in [0.15, 0.2) is 8.32 Å². The van der Waals surface area contributed by atoms with E-state index < -0.39 is 8.32 Å². The highest BCUT2D eigenvalue weighted by Crippen LogP contribution is 2.52. The third-order valence-electron chi connectivity index (χ3n) is 8.18. The second kappa shape index (κ2) is 9.41. The quantitative estimate of drug-likeness (QED) is 0.335. The predicted octanol–water partition coefficient (Wildman–Crippen LogP) is 7.52. The Morgan fingerprint density at radius 3 is 2.35 bits per heavy atom. The van der Waals surface area contributed by atoms with Crippen molar-refractivity contribution in [3.8, 4) is 5.75 Å². The molecule has 1 aromatic carbocycles. The van der Waals surface area contributed by atoms with Gasteiger partial charge in [-0.25, -0.2) is 0 Å². The van der Waals surface area contributed by atoms with Crippen LogP contribution >= 0.6 is 0 Å². The number of allylic oxidation sites excluding steroid dienone is 2. The maximum atomic E-state index is 7.09. The molecule has 3 rings (SSSR count). The first-order chi connectivity index (χ1) is 14.5. The summed E-state index contributed by atoms with van der Waals surface area (Å²) in [6, 6.07) is 8.27. The van der Waals surface area contributed by atoms with E-state index in [1.54, 1.807) is 12.7 Å². The van der Waals surface area contributed by atoms with E-state index in [1.807, 2.05) is 12.1 Å². The summed E-state index contributed by atoms with van der Waals surface area (Å²) >= 11 is 0. The molecule has 0 spiro atoms. The molecule has 2 bridgehead atoms. The van der Waals surface area contributed by atoms with Crippen LogP contribution < -0.4 is 4.74 Å². The molecule has 174 valence electrons. The van der Waals surface area contributed by atoms with Gasteiger partial charge < -0.3 is 13.9 Å². The van der Waals surface area contributed by atoms with Crippen LogP contribution in [-0.4, -0.2) is 27.6 Å². The summed E-state index contributed by atoms with van der Waals surface area (Å²) in [4.78, 5) is 0. The van der Waals surface area contributed by atoms with Crippen molar-refractivity contribution >= 4 is 8.32 Å². The molecular formula is C27H44O3Si. The van der Waals surface area contributed by atoms with Gasteiger partial charge in [0.1, 0.15) is 5.75 Å². The Morgan fingerprint density at radius 2 is 1.74 bits per heavy atom. The normalized spacial score (nSPS) is 28.3. The van der Waals surface area contributed by atoms with E-state index in [1.165, 1.54) is 24.8 Å². The number of methoxy groups -OCH3 is 1. The number of ether oxygens (including phenoxy) is 2. The van der Waals surface area contributed by atoms with E-state index >= 15 is 0 Å². The van der Waals surface area contributed by atoms with Crippen molar-refractivity contribution in [2.45, 2.75) is 104 Å². The Hall–Kier alpha value is -1.10. The fraction of sp³-hybridized carbons (Fsp3) is 0.704. The molecule has 0 saturated heterocycles. The third-order valence-corrected chi connectivity index (χ3v) is 12.7. The van der Waals surface area contributed by atoms with Gasteiger partial charge in [0.05, 0.1) is 25.9 Å². The number of fused-ring (bicyclic) bond motifs is 2. The molecule has 2 aliphatic rings. The van der Waals surface area contributed by atoms with Crippen LogP contribution in [0.5, 0.6) is 5.75 Å². The van der Waals surface area contributed by atoms with Gasteiger partial charge in [0.2, 0.25) is 0 Å². The minimum atomic E-state index is -1.90. The zero-order valence-electron chi connectivity index (χ0n) is 21.1. The Labute approximate surface area is 191 Å². The third kappa shape index (κ3) is 5.46. The van der Waals surface area contributed by atoms with Crippen molar-refractivity contribution in [3.05, 3.63) is 41.5 Å². The average molecular weight is 445 g/mol. The summed E-state index contributed by atoms with van der Waals surface area (Å²) in [6.07, 6.45) is 8.62. The molecule has 3 nitrogen and oxygen atoms in total. The second-order valence-corrected chi connectivity index (χ2v) is 16.3. The van der Waals surface area contributed by atoms with Crippen molar-refractivity contribution in [1.82, 2.24) is 0 Å². The maximum absolute atomic E-state index is 7.09. The lowest BCUT2D eigenvalue weighted by Crippen LogP contribution is -2.50. The van der Waals surface area contributed by atoms with Gasteiger partial charge in [-0.15, -0.1) is 0 Å². The molecule has 1 aromatic rings. The van der Waals surface area contributed by atoms with Crippen LogP contribution in [0.25, 0.3) is 0 Å². The van der Waals surface area contributed by atoms with E-state index in [0.717, 1.165) is 18.6 Å². The zero-order valence-corrected chi connectivity index (χ0v) is 22.1. The Bertz CT molecular complexity index is 758. The summed E-state index contributed by atoms with van der Waals surface area (Å²) in [5.41, 5.74) is 2.99. The Balaban J connectivity index is 1.88. The smallest absolute Gasteiger partial charge is 0.192 e. The van der Waals surface area contributed by atoms with Crippen molar-refractivity contribution in [2.75, 3.05) is 7.11 Å². The molecule has 31 heavy (non-hydrogen) atoms. The van der Waals surface area contributed by atoms with Crippen LogP contribution in [0.2, 0.25) is 18.1 Å². The monoisotopic (exact) mass is 444 g/mol. The summed E-state index contributed by atoms with van der Waals surface area (Å²) in [7, 11) is -0.191. The van der Waals surface area contributed by atoms with E-state index in [0.29, 0.717) is 12.5 Å². The number of rotatable bonds is 6. The molecule has 0 amide bonds. The molecule has 0 aromatic heterocycles. The van der Waals surface area contributed by atoms with Crippen molar-refractivity contribution in [2.24, 2.45) is 11.3 Å². The molecule has 0 N–H and O–H groups in total. The topological polar surface area (TPSA) is 27.7 Å². The average Bonchev–Trinajstić information content (AvgIpc) is 3.00. The summed E-state index contributed by atoms with van der Waals surface area (Å²) < 4.78 is 19.2. The highest BCUT2D eigenvalue weighted by atomic mass is 28.4. The second-order valence-electron chi connectivity index (χ2n) is 11.6.